The summed E-state index contributed by atoms with van der Waals surface area (Å²) in [6, 6.07) is 20.8. The number of nitrogens with zero attached hydrogens (tertiary/aromatic N) is 2. The number of carbonyl (C=O) groups excluding carboxylic acids is 2. The molecule has 2 N–H and O–H groups in total. The highest BCUT2D eigenvalue weighted by atomic mass is 35.5. The molecule has 0 saturated heterocycles. The first kappa shape index (κ1) is 26.3. The van der Waals surface area contributed by atoms with Crippen LogP contribution in [-0.2, 0) is 16.2 Å². The first-order valence-corrected chi connectivity index (χ1v) is 13.1. The monoisotopic (exact) mass is 541 g/mol. The Hall–Kier alpha value is -4.28. The Labute approximate surface area is 232 Å². The number of amides is 1. The van der Waals surface area contributed by atoms with Crippen LogP contribution in [0.2, 0.25) is 5.02 Å². The zero-order valence-electron chi connectivity index (χ0n) is 21.7. The minimum Gasteiger partial charge on any atom is -0.506 e. The molecule has 0 aromatic heterocycles. The van der Waals surface area contributed by atoms with Crippen LogP contribution >= 0.6 is 11.6 Å². The molecule has 1 amide bonds. The maximum Gasteiger partial charge on any atom is 0.242 e. The number of carbonyl (C=O) groups is 2. The third-order valence-electron chi connectivity index (χ3n) is 7.02. The van der Waals surface area contributed by atoms with Crippen LogP contribution in [0, 0.1) is 16.7 Å². The molecule has 198 valence electrons. The molecule has 8 heteroatoms. The average molecular weight is 542 g/mol. The number of halogens is 1. The molecule has 39 heavy (non-hydrogen) atoms. The van der Waals surface area contributed by atoms with Crippen LogP contribution in [0.15, 0.2) is 78.0 Å². The van der Waals surface area contributed by atoms with Gasteiger partial charge in [0.2, 0.25) is 5.91 Å². The molecule has 1 heterocycles. The molecule has 0 radical (unpaired) electrons. The fourth-order valence-electron chi connectivity index (χ4n) is 5.33. The van der Waals surface area contributed by atoms with Crippen molar-refractivity contribution >= 4 is 34.7 Å². The summed E-state index contributed by atoms with van der Waals surface area (Å²) in [6.45, 7) is 4.37. The fourth-order valence-corrected chi connectivity index (χ4v) is 5.60. The molecule has 0 saturated carbocycles. The highest BCUT2D eigenvalue weighted by Crippen LogP contribution is 2.51. The Morgan fingerprint density at radius 1 is 1.15 bits per heavy atom. The van der Waals surface area contributed by atoms with E-state index in [0.717, 1.165) is 5.56 Å². The standard InChI is InChI=1S/C31H28ClN3O4/c1-31(2)16-23-28(26(37)17-31)30(35(27(38)13-14-33)24-9-6-10-25(36)29(24)34-23)21-12-11-20(15-22(21)32)39-18-19-7-4-3-5-8-19/h3-12,15,30,34,36H,13,16-18H2,1-2H3. The largest absolute Gasteiger partial charge is 0.506 e. The number of nitrogens with one attached hydrogen (secondary N) is 1. The lowest BCUT2D eigenvalue weighted by Gasteiger charge is -2.37. The van der Waals surface area contributed by atoms with Crippen molar-refractivity contribution in [1.29, 1.82) is 5.26 Å². The van der Waals surface area contributed by atoms with E-state index in [-0.39, 0.29) is 23.4 Å². The second kappa shape index (κ2) is 10.5. The lowest BCUT2D eigenvalue weighted by molar-refractivity contribution is -0.119. The highest BCUT2D eigenvalue weighted by Gasteiger charge is 2.44. The Kier molecular flexibility index (Phi) is 7.07. The van der Waals surface area contributed by atoms with Gasteiger partial charge in [-0.3, -0.25) is 14.5 Å². The number of fused-ring (bicyclic) bond motifs is 1. The van der Waals surface area contributed by atoms with Crippen molar-refractivity contribution in [2.24, 2.45) is 5.41 Å². The summed E-state index contributed by atoms with van der Waals surface area (Å²) in [5.41, 5.74) is 2.88. The van der Waals surface area contributed by atoms with Gasteiger partial charge < -0.3 is 15.2 Å². The fraction of sp³-hybridized carbons (Fsp3) is 0.258. The average Bonchev–Trinajstić information content (AvgIpc) is 3.03. The lowest BCUT2D eigenvalue weighted by Crippen LogP contribution is -2.39. The molecule has 0 spiro atoms. The molecule has 1 aliphatic heterocycles. The molecule has 3 aromatic carbocycles. The molecule has 0 fully saturated rings. The molecule has 1 unspecified atom stereocenters. The van der Waals surface area contributed by atoms with Gasteiger partial charge in [0, 0.05) is 22.7 Å². The second-order valence-electron chi connectivity index (χ2n) is 10.6. The molecular weight excluding hydrogens is 514 g/mol. The van der Waals surface area contributed by atoms with Gasteiger partial charge in [-0.1, -0.05) is 67.9 Å². The Balaban J connectivity index is 1.65. The summed E-state index contributed by atoms with van der Waals surface area (Å²) >= 11 is 6.85. The number of aromatic hydroxyl groups is 1. The van der Waals surface area contributed by atoms with Crippen LogP contribution in [0.25, 0.3) is 0 Å². The van der Waals surface area contributed by atoms with Crippen molar-refractivity contribution in [3.63, 3.8) is 0 Å². The maximum atomic E-state index is 13.7. The topological polar surface area (TPSA) is 103 Å². The molecular formula is C31H28ClN3O4. The number of benzene rings is 3. The number of rotatable bonds is 5. The number of para-hydroxylation sites is 1. The zero-order valence-corrected chi connectivity index (χ0v) is 22.5. The molecule has 5 rings (SSSR count). The Morgan fingerprint density at radius 2 is 1.92 bits per heavy atom. The summed E-state index contributed by atoms with van der Waals surface area (Å²) in [6.07, 6.45) is 0.390. The van der Waals surface area contributed by atoms with Gasteiger partial charge in [-0.15, -0.1) is 0 Å². The van der Waals surface area contributed by atoms with Crippen LogP contribution in [0.1, 0.15) is 50.3 Å². The van der Waals surface area contributed by atoms with Crippen molar-refractivity contribution in [3.8, 4) is 17.6 Å². The first-order chi connectivity index (χ1) is 18.7. The van der Waals surface area contributed by atoms with E-state index in [2.05, 4.69) is 5.32 Å². The van der Waals surface area contributed by atoms with Crippen LogP contribution in [0.4, 0.5) is 11.4 Å². The van der Waals surface area contributed by atoms with E-state index in [1.165, 1.54) is 11.0 Å². The van der Waals surface area contributed by atoms with Gasteiger partial charge in [-0.25, -0.2) is 0 Å². The molecule has 1 atom stereocenters. The molecule has 2 aliphatic rings. The van der Waals surface area contributed by atoms with E-state index in [9.17, 15) is 20.0 Å². The van der Waals surface area contributed by atoms with Gasteiger partial charge in [0.25, 0.3) is 0 Å². The SMILES string of the molecule is CC1(C)CC(=O)C2=C(C1)Nc1c(O)cccc1N(C(=O)CC#N)C2c1ccc(OCc2ccccc2)cc1Cl. The smallest absolute Gasteiger partial charge is 0.242 e. The molecule has 3 aromatic rings. The summed E-state index contributed by atoms with van der Waals surface area (Å²) < 4.78 is 5.95. The quantitative estimate of drug-likeness (QED) is 0.349. The van der Waals surface area contributed by atoms with Crippen LogP contribution in [-0.4, -0.2) is 16.8 Å². The molecule has 7 nitrogen and oxygen atoms in total. The zero-order chi connectivity index (χ0) is 27.7. The molecule has 1 aliphatic carbocycles. The number of ketones is 1. The van der Waals surface area contributed by atoms with Crippen LogP contribution in [0.3, 0.4) is 0 Å². The lowest BCUT2D eigenvalue weighted by atomic mass is 9.73. The summed E-state index contributed by atoms with van der Waals surface area (Å²) in [5, 5.41) is 23.8. The van der Waals surface area contributed by atoms with E-state index in [4.69, 9.17) is 16.3 Å². The number of hydrogen-bond acceptors (Lipinski definition) is 6. The van der Waals surface area contributed by atoms with Crippen molar-refractivity contribution in [1.82, 2.24) is 0 Å². The third kappa shape index (κ3) is 5.21. The normalized spacial score (nSPS) is 17.8. The number of phenolic OH excluding ortho intramolecular Hbond substituents is 1. The van der Waals surface area contributed by atoms with Gasteiger partial charge in [0.05, 0.1) is 17.8 Å². The summed E-state index contributed by atoms with van der Waals surface area (Å²) in [5.74, 6) is -0.164. The summed E-state index contributed by atoms with van der Waals surface area (Å²) in [7, 11) is 0. The minimum atomic E-state index is -0.907. The number of phenols is 1. The van der Waals surface area contributed by atoms with Crippen LogP contribution < -0.4 is 15.0 Å². The minimum absolute atomic E-state index is 0.0682. The number of hydrogen-bond donors (Lipinski definition) is 2. The summed E-state index contributed by atoms with van der Waals surface area (Å²) in [4.78, 5) is 28.7. The number of anilines is 2. The van der Waals surface area contributed by atoms with E-state index >= 15 is 0 Å². The number of Topliss-reactive ketones (excluding diaryl/α,β-unsaturated/α-hetero) is 1. The van der Waals surface area contributed by atoms with Crippen LogP contribution in [0.5, 0.6) is 11.5 Å². The van der Waals surface area contributed by atoms with Gasteiger partial charge in [-0.2, -0.15) is 5.26 Å². The maximum absolute atomic E-state index is 13.7. The van der Waals surface area contributed by atoms with Gasteiger partial charge in [-0.05, 0) is 47.2 Å². The molecule has 0 bridgehead atoms. The second-order valence-corrected chi connectivity index (χ2v) is 11.0. The van der Waals surface area contributed by atoms with E-state index in [1.807, 2.05) is 50.2 Å². The van der Waals surface area contributed by atoms with Crippen molar-refractivity contribution in [3.05, 3.63) is 94.1 Å². The van der Waals surface area contributed by atoms with Crippen molar-refractivity contribution in [2.75, 3.05) is 10.2 Å². The number of ether oxygens (including phenoxy) is 1. The number of allylic oxidation sites excluding steroid dienone is 1. The predicted molar refractivity (Wildman–Crippen MR) is 149 cm³/mol. The van der Waals surface area contributed by atoms with E-state index in [0.29, 0.717) is 52.0 Å². The van der Waals surface area contributed by atoms with Gasteiger partial charge >= 0.3 is 0 Å². The van der Waals surface area contributed by atoms with Gasteiger partial charge in [0.15, 0.2) is 5.78 Å². The third-order valence-corrected chi connectivity index (χ3v) is 7.35. The highest BCUT2D eigenvalue weighted by molar-refractivity contribution is 6.31. The van der Waals surface area contributed by atoms with Crippen molar-refractivity contribution in [2.45, 2.75) is 45.8 Å². The van der Waals surface area contributed by atoms with E-state index in [1.54, 1.807) is 30.3 Å². The first-order valence-electron chi connectivity index (χ1n) is 12.7. The Bertz CT molecular complexity index is 1520. The van der Waals surface area contributed by atoms with E-state index < -0.39 is 18.4 Å². The number of nitriles is 1. The van der Waals surface area contributed by atoms with Crippen molar-refractivity contribution < 1.29 is 19.4 Å². The van der Waals surface area contributed by atoms with Gasteiger partial charge in [0.1, 0.15) is 30.2 Å². The predicted octanol–water partition coefficient (Wildman–Crippen LogP) is 6.68. The Morgan fingerprint density at radius 3 is 2.64 bits per heavy atom.